The Balaban J connectivity index is 1.38. The molecule has 0 spiro atoms. The molecular weight excluding hydrogens is 432 g/mol. The highest BCUT2D eigenvalue weighted by atomic mass is 16.5. The smallest absolute Gasteiger partial charge is 0.303 e. The second kappa shape index (κ2) is 10.2. The third-order valence-corrected chi connectivity index (χ3v) is 8.40. The van der Waals surface area contributed by atoms with Gasteiger partial charge >= 0.3 is 5.97 Å². The molecule has 0 aromatic carbocycles. The molecule has 8 nitrogen and oxygen atoms in total. The summed E-state index contributed by atoms with van der Waals surface area (Å²) in [5.41, 5.74) is 0.258. The quantitative estimate of drug-likeness (QED) is 0.500. The van der Waals surface area contributed by atoms with Gasteiger partial charge < -0.3 is 19.5 Å². The SMILES string of the molecule is COc1ccc(N2CCN(C[C@@H](C)[C@@H]3CC[C@@H](C)[C@]4(O)C[C@@H](OC(C)=O)C(C)=C[C@H]34)CC2)nn1. The first kappa shape index (κ1) is 24.9. The third-order valence-electron chi connectivity index (χ3n) is 8.40. The lowest BCUT2D eigenvalue weighted by atomic mass is 9.57. The van der Waals surface area contributed by atoms with Gasteiger partial charge in [-0.05, 0) is 49.2 Å². The normalized spacial score (nSPS) is 33.0. The van der Waals surface area contributed by atoms with Crippen molar-refractivity contribution in [3.8, 4) is 5.88 Å². The van der Waals surface area contributed by atoms with E-state index in [1.165, 1.54) is 6.92 Å². The second-order valence-electron chi connectivity index (χ2n) is 10.6. The van der Waals surface area contributed by atoms with E-state index in [0.717, 1.165) is 57.0 Å². The van der Waals surface area contributed by atoms with E-state index in [1.807, 2.05) is 19.1 Å². The summed E-state index contributed by atoms with van der Waals surface area (Å²) in [6.07, 6.45) is 4.54. The lowest BCUT2D eigenvalue weighted by Crippen LogP contribution is -2.56. The van der Waals surface area contributed by atoms with Gasteiger partial charge in [0.1, 0.15) is 6.10 Å². The first-order valence-corrected chi connectivity index (χ1v) is 12.6. The highest BCUT2D eigenvalue weighted by Gasteiger charge is 2.52. The first-order valence-electron chi connectivity index (χ1n) is 12.6. The zero-order valence-electron chi connectivity index (χ0n) is 21.2. The van der Waals surface area contributed by atoms with Crippen LogP contribution in [0.3, 0.4) is 0 Å². The van der Waals surface area contributed by atoms with E-state index >= 15 is 0 Å². The van der Waals surface area contributed by atoms with Crippen molar-refractivity contribution in [2.75, 3.05) is 44.7 Å². The van der Waals surface area contributed by atoms with Crippen LogP contribution in [0, 0.1) is 23.7 Å². The molecule has 1 aromatic rings. The van der Waals surface area contributed by atoms with Crippen LogP contribution in [-0.2, 0) is 9.53 Å². The molecule has 34 heavy (non-hydrogen) atoms. The molecule has 0 unspecified atom stereocenters. The van der Waals surface area contributed by atoms with E-state index in [9.17, 15) is 9.90 Å². The molecule has 0 radical (unpaired) electrons. The predicted octanol–water partition coefficient (Wildman–Crippen LogP) is 2.92. The molecule has 2 heterocycles. The molecule has 2 fully saturated rings. The molecule has 0 bridgehead atoms. The standard InChI is InChI=1S/C26H40N4O4/c1-17-14-22-21(7-6-19(3)26(22,32)15-23(17)34-20(4)31)18(2)16-29-10-12-30(13-11-29)24-8-9-25(33-5)28-27-24/h8-9,14,18-19,21-23,32H,6-7,10-13,15-16H2,1-5H3/t18-,19-,21+,22-,23-,26-/m1/s1. The lowest BCUT2D eigenvalue weighted by Gasteiger charge is -2.53. The molecule has 1 saturated carbocycles. The number of hydrogen-bond acceptors (Lipinski definition) is 8. The van der Waals surface area contributed by atoms with Gasteiger partial charge in [0.15, 0.2) is 5.82 Å². The molecule has 1 saturated heterocycles. The Hall–Kier alpha value is -2.19. The number of ether oxygens (including phenoxy) is 2. The Morgan fingerprint density at radius 1 is 1.24 bits per heavy atom. The summed E-state index contributed by atoms with van der Waals surface area (Å²) in [6.45, 7) is 12.8. The number of piperazine rings is 1. The molecule has 6 atom stereocenters. The minimum absolute atomic E-state index is 0.105. The molecule has 1 N–H and O–H groups in total. The fraction of sp³-hybridized carbons (Fsp3) is 0.731. The monoisotopic (exact) mass is 472 g/mol. The van der Waals surface area contributed by atoms with Crippen molar-refractivity contribution in [3.05, 3.63) is 23.8 Å². The van der Waals surface area contributed by atoms with Crippen LogP contribution in [0.1, 0.15) is 47.0 Å². The van der Waals surface area contributed by atoms with Gasteiger partial charge in [0, 0.05) is 58.1 Å². The molecule has 188 valence electrons. The van der Waals surface area contributed by atoms with E-state index in [1.54, 1.807) is 7.11 Å². The summed E-state index contributed by atoms with van der Waals surface area (Å²) < 4.78 is 10.7. The molecule has 2 aliphatic carbocycles. The second-order valence-corrected chi connectivity index (χ2v) is 10.6. The van der Waals surface area contributed by atoms with E-state index in [-0.39, 0.29) is 23.9 Å². The number of nitrogens with zero attached hydrogens (tertiary/aromatic N) is 4. The van der Waals surface area contributed by atoms with Crippen molar-refractivity contribution in [1.29, 1.82) is 0 Å². The molecule has 1 aliphatic heterocycles. The van der Waals surface area contributed by atoms with Crippen LogP contribution in [0.4, 0.5) is 5.82 Å². The van der Waals surface area contributed by atoms with Gasteiger partial charge in [0.25, 0.3) is 0 Å². The Morgan fingerprint density at radius 3 is 2.59 bits per heavy atom. The van der Waals surface area contributed by atoms with E-state index < -0.39 is 5.60 Å². The molecule has 1 aromatic heterocycles. The van der Waals surface area contributed by atoms with E-state index in [2.05, 4.69) is 39.9 Å². The molecule has 4 rings (SSSR count). The van der Waals surface area contributed by atoms with Crippen molar-refractivity contribution in [1.82, 2.24) is 15.1 Å². The van der Waals surface area contributed by atoms with Crippen LogP contribution >= 0.6 is 0 Å². The molecule has 3 aliphatic rings. The minimum Gasteiger partial charge on any atom is -0.480 e. The van der Waals surface area contributed by atoms with Gasteiger partial charge in [0.2, 0.25) is 5.88 Å². The topological polar surface area (TPSA) is 88.0 Å². The lowest BCUT2D eigenvalue weighted by molar-refractivity contribution is -0.159. The number of aromatic nitrogens is 2. The van der Waals surface area contributed by atoms with Crippen molar-refractivity contribution in [2.45, 2.75) is 58.7 Å². The van der Waals surface area contributed by atoms with Gasteiger partial charge in [-0.25, -0.2) is 0 Å². The Labute approximate surface area is 203 Å². The van der Waals surface area contributed by atoms with Crippen LogP contribution in [0.5, 0.6) is 5.88 Å². The van der Waals surface area contributed by atoms with Gasteiger partial charge in [-0.2, -0.15) is 0 Å². The minimum atomic E-state index is -0.817. The van der Waals surface area contributed by atoms with Gasteiger partial charge in [-0.15, -0.1) is 10.2 Å². The number of aliphatic hydroxyl groups is 1. The summed E-state index contributed by atoms with van der Waals surface area (Å²) >= 11 is 0. The average molecular weight is 473 g/mol. The average Bonchev–Trinajstić information content (AvgIpc) is 2.81. The Kier molecular flexibility index (Phi) is 7.48. The maximum Gasteiger partial charge on any atom is 0.303 e. The highest BCUT2D eigenvalue weighted by Crippen LogP contribution is 2.51. The zero-order valence-corrected chi connectivity index (χ0v) is 21.2. The van der Waals surface area contributed by atoms with Gasteiger partial charge in [-0.1, -0.05) is 19.9 Å². The number of hydrogen-bond donors (Lipinski definition) is 1. The summed E-state index contributed by atoms with van der Waals surface area (Å²) in [7, 11) is 1.60. The summed E-state index contributed by atoms with van der Waals surface area (Å²) in [5.74, 6) is 2.32. The highest BCUT2D eigenvalue weighted by molar-refractivity contribution is 5.66. The molecular formula is C26H40N4O4. The molecule has 8 heteroatoms. The van der Waals surface area contributed by atoms with Crippen LogP contribution < -0.4 is 9.64 Å². The fourth-order valence-electron chi connectivity index (χ4n) is 6.29. The van der Waals surface area contributed by atoms with Crippen molar-refractivity contribution in [2.24, 2.45) is 23.7 Å². The predicted molar refractivity (Wildman–Crippen MR) is 131 cm³/mol. The summed E-state index contributed by atoms with van der Waals surface area (Å²) in [6, 6.07) is 3.82. The Bertz CT molecular complexity index is 883. The van der Waals surface area contributed by atoms with Gasteiger partial charge in [-0.3, -0.25) is 9.69 Å². The number of anilines is 1. The van der Waals surface area contributed by atoms with Crippen LogP contribution in [0.25, 0.3) is 0 Å². The number of methoxy groups -OCH3 is 1. The third kappa shape index (κ3) is 5.08. The zero-order chi connectivity index (χ0) is 24.5. The number of carbonyl (C=O) groups excluding carboxylic acids is 1. The van der Waals surface area contributed by atoms with E-state index in [4.69, 9.17) is 9.47 Å². The summed E-state index contributed by atoms with van der Waals surface area (Å²) in [4.78, 5) is 16.4. The largest absolute Gasteiger partial charge is 0.480 e. The van der Waals surface area contributed by atoms with Crippen molar-refractivity contribution in [3.63, 3.8) is 0 Å². The number of rotatable bonds is 6. The fourth-order valence-corrected chi connectivity index (χ4v) is 6.29. The van der Waals surface area contributed by atoms with Crippen LogP contribution in [-0.4, -0.2) is 77.7 Å². The maximum absolute atomic E-state index is 11.8. The van der Waals surface area contributed by atoms with Crippen molar-refractivity contribution < 1.29 is 19.4 Å². The maximum atomic E-state index is 11.8. The Morgan fingerprint density at radius 2 is 1.97 bits per heavy atom. The number of carbonyl (C=O) groups is 1. The molecule has 0 amide bonds. The van der Waals surface area contributed by atoms with Crippen LogP contribution in [0.15, 0.2) is 23.8 Å². The van der Waals surface area contributed by atoms with Crippen molar-refractivity contribution >= 4 is 11.8 Å². The summed E-state index contributed by atoms with van der Waals surface area (Å²) in [5, 5.41) is 20.2. The van der Waals surface area contributed by atoms with E-state index in [0.29, 0.717) is 24.1 Å². The number of fused-ring (bicyclic) bond motifs is 1. The van der Waals surface area contributed by atoms with Crippen LogP contribution in [0.2, 0.25) is 0 Å². The first-order chi connectivity index (χ1) is 16.2. The van der Waals surface area contributed by atoms with Gasteiger partial charge in [0.05, 0.1) is 12.7 Å². The number of esters is 1.